The normalized spacial score (nSPS) is 4.00. The third kappa shape index (κ3) is 108. The largest absolute Gasteiger partial charge is 2.00 e. The summed E-state index contributed by atoms with van der Waals surface area (Å²) < 4.78 is 0. The molecule has 0 rings (SSSR count). The van der Waals surface area contributed by atoms with Gasteiger partial charge in [-0.2, -0.15) is 0 Å². The van der Waals surface area contributed by atoms with Gasteiger partial charge in [0.05, 0.1) is 0 Å². The van der Waals surface area contributed by atoms with E-state index < -0.39 is 6.16 Å². The van der Waals surface area contributed by atoms with Gasteiger partial charge >= 0.3 is 52.3 Å². The minimum absolute atomic E-state index is 0. The van der Waals surface area contributed by atoms with Crippen molar-refractivity contribution < 1.29 is 20.7 Å². The maximum absolute atomic E-state index is 8.56. The molecule has 0 aromatic carbocycles. The molecule has 0 aliphatic carbocycles. The first kappa shape index (κ1) is 15.8. The van der Waals surface area contributed by atoms with Crippen molar-refractivity contribution in [2.24, 2.45) is 0 Å². The van der Waals surface area contributed by atoms with Crippen molar-refractivity contribution >= 4 is 52.3 Å². The van der Waals surface area contributed by atoms with Gasteiger partial charge in [0.25, 0.3) is 0 Å². The molecule has 0 aliphatic heterocycles. The Labute approximate surface area is 73.0 Å². The second-order valence-electron chi connectivity index (χ2n) is 0.283. The first-order valence-electron chi connectivity index (χ1n) is 0.651. The summed E-state index contributed by atoms with van der Waals surface area (Å²) in [6, 6.07) is 0. The first-order chi connectivity index (χ1) is 1.73. The maximum Gasteiger partial charge on any atom is 2.00 e. The predicted octanol–water partition coefficient (Wildman–Crippen LogP) is -0.0892. The molecule has 0 saturated heterocycles. The zero-order valence-corrected chi connectivity index (χ0v) is 6.05. The molecule has 0 aromatic heterocycles. The van der Waals surface area contributed by atoms with Gasteiger partial charge in [0.15, 0.2) is 0 Å². The molecule has 3 nitrogen and oxygen atoms in total. The third-order valence-electron chi connectivity index (χ3n) is 0. The van der Waals surface area contributed by atoms with Crippen LogP contribution in [0.4, 0.5) is 4.79 Å². The SMILES string of the molecule is O=C(O)O.[H-].[H-].[H-].[H-].[Mg+2].[Mg+2]. The number of carbonyl (C=O) groups is 1. The number of carboxylic acid groups (broad SMARTS) is 2. The number of hydrogen-bond acceptors (Lipinski definition) is 1. The van der Waals surface area contributed by atoms with E-state index in [2.05, 4.69) is 0 Å². The predicted molar refractivity (Wildman–Crippen MR) is 26.6 cm³/mol. The van der Waals surface area contributed by atoms with Gasteiger partial charge in [0.2, 0.25) is 0 Å². The fourth-order valence-electron chi connectivity index (χ4n) is 0. The summed E-state index contributed by atoms with van der Waals surface area (Å²) in [7, 11) is 0. The summed E-state index contributed by atoms with van der Waals surface area (Å²) >= 11 is 0. The Morgan fingerprint density at radius 1 is 1.33 bits per heavy atom. The Hall–Kier alpha value is 0.802. The van der Waals surface area contributed by atoms with Crippen LogP contribution in [0.1, 0.15) is 5.71 Å². The van der Waals surface area contributed by atoms with Crippen molar-refractivity contribution in [3.63, 3.8) is 0 Å². The van der Waals surface area contributed by atoms with E-state index in [4.69, 9.17) is 15.0 Å². The molecular weight excluding hydrogens is 109 g/mol. The zero-order valence-electron chi connectivity index (χ0n) is 7.22. The molecule has 0 radical (unpaired) electrons. The van der Waals surface area contributed by atoms with Gasteiger partial charge < -0.3 is 15.9 Å². The van der Waals surface area contributed by atoms with Crippen LogP contribution in [0.2, 0.25) is 0 Å². The van der Waals surface area contributed by atoms with E-state index in [1.807, 2.05) is 0 Å². The summed E-state index contributed by atoms with van der Waals surface area (Å²) in [5, 5.41) is 13.9. The van der Waals surface area contributed by atoms with Crippen molar-refractivity contribution in [1.29, 1.82) is 0 Å². The molecule has 5 heteroatoms. The fourth-order valence-corrected chi connectivity index (χ4v) is 0. The molecule has 0 saturated carbocycles. The van der Waals surface area contributed by atoms with Crippen LogP contribution in [0.15, 0.2) is 0 Å². The van der Waals surface area contributed by atoms with Crippen LogP contribution in [-0.4, -0.2) is 62.5 Å². The van der Waals surface area contributed by atoms with Gasteiger partial charge in [-0.05, 0) is 0 Å². The molecule has 32 valence electrons. The van der Waals surface area contributed by atoms with E-state index in [0.717, 1.165) is 0 Å². The molecule has 0 aliphatic rings. The molecule has 0 bridgehead atoms. The van der Waals surface area contributed by atoms with Crippen molar-refractivity contribution in [3.05, 3.63) is 0 Å². The standard InChI is InChI=1S/CH2O3.2Mg.4H/c2-1(3)4;;;;;;/h(H2,2,3,4);;;;;;/q;2*+2;4*-1. The van der Waals surface area contributed by atoms with Gasteiger partial charge in [-0.15, -0.1) is 0 Å². The van der Waals surface area contributed by atoms with Crippen molar-refractivity contribution in [3.8, 4) is 0 Å². The van der Waals surface area contributed by atoms with Crippen LogP contribution in [0, 0.1) is 0 Å². The topological polar surface area (TPSA) is 57.5 Å². The molecular formula is CH6Mg2O3. The van der Waals surface area contributed by atoms with Crippen LogP contribution in [0.5, 0.6) is 0 Å². The van der Waals surface area contributed by atoms with E-state index in [9.17, 15) is 0 Å². The van der Waals surface area contributed by atoms with E-state index >= 15 is 0 Å². The molecule has 0 heterocycles. The summed E-state index contributed by atoms with van der Waals surface area (Å²) in [4.78, 5) is 8.56. The molecule has 2 N–H and O–H groups in total. The second kappa shape index (κ2) is 9.26. The monoisotopic (exact) mass is 114 g/mol. The summed E-state index contributed by atoms with van der Waals surface area (Å²) in [5.74, 6) is 0. The molecule has 0 fully saturated rings. The molecule has 6 heavy (non-hydrogen) atoms. The van der Waals surface area contributed by atoms with Crippen LogP contribution < -0.4 is 0 Å². The Bertz CT molecular complexity index is 41.5. The average Bonchev–Trinajstić information content (AvgIpc) is 0.811. The molecule has 0 spiro atoms. The first-order valence-corrected chi connectivity index (χ1v) is 0.651. The van der Waals surface area contributed by atoms with Gasteiger partial charge in [0, 0.05) is 0 Å². The van der Waals surface area contributed by atoms with E-state index in [-0.39, 0.29) is 51.8 Å². The molecule has 0 unspecified atom stereocenters. The van der Waals surface area contributed by atoms with E-state index in [1.54, 1.807) is 0 Å². The minimum atomic E-state index is -1.83. The Morgan fingerprint density at radius 2 is 1.33 bits per heavy atom. The second-order valence-corrected chi connectivity index (χ2v) is 0.283. The summed E-state index contributed by atoms with van der Waals surface area (Å²) in [6.45, 7) is 0. The van der Waals surface area contributed by atoms with E-state index in [1.165, 1.54) is 0 Å². The molecule has 0 atom stereocenters. The van der Waals surface area contributed by atoms with Crippen molar-refractivity contribution in [1.82, 2.24) is 0 Å². The summed E-state index contributed by atoms with van der Waals surface area (Å²) in [6.07, 6.45) is -1.83. The van der Waals surface area contributed by atoms with Crippen LogP contribution in [0.3, 0.4) is 0 Å². The van der Waals surface area contributed by atoms with Gasteiger partial charge in [-0.25, -0.2) is 4.79 Å². The van der Waals surface area contributed by atoms with Crippen LogP contribution >= 0.6 is 0 Å². The smallest absolute Gasteiger partial charge is 1.00 e. The summed E-state index contributed by atoms with van der Waals surface area (Å²) in [5.41, 5.74) is 0. The Morgan fingerprint density at radius 3 is 1.33 bits per heavy atom. The van der Waals surface area contributed by atoms with Crippen molar-refractivity contribution in [2.45, 2.75) is 0 Å². The molecule has 0 amide bonds. The van der Waals surface area contributed by atoms with Gasteiger partial charge in [-0.1, -0.05) is 0 Å². The van der Waals surface area contributed by atoms with Gasteiger partial charge in [-0.3, -0.25) is 0 Å². The Balaban J connectivity index is -0.00000000300. The van der Waals surface area contributed by atoms with E-state index in [0.29, 0.717) is 0 Å². The zero-order chi connectivity index (χ0) is 3.58. The maximum atomic E-state index is 8.56. The van der Waals surface area contributed by atoms with Gasteiger partial charge in [0.1, 0.15) is 0 Å². The minimum Gasteiger partial charge on any atom is -1.00 e. The average molecular weight is 115 g/mol. The van der Waals surface area contributed by atoms with Crippen LogP contribution in [-0.2, 0) is 0 Å². The molecule has 0 aromatic rings. The fraction of sp³-hybridized carbons (Fsp3) is 0. The van der Waals surface area contributed by atoms with Crippen molar-refractivity contribution in [2.75, 3.05) is 0 Å². The van der Waals surface area contributed by atoms with Crippen LogP contribution in [0.25, 0.3) is 0 Å². The number of hydrogen-bond donors (Lipinski definition) is 2. The Kier molecular flexibility index (Phi) is 24.4. The number of rotatable bonds is 0. The third-order valence-corrected chi connectivity index (χ3v) is 0. The quantitative estimate of drug-likeness (QED) is 0.433.